The Hall–Kier alpha value is -0.540. The third-order valence-corrected chi connectivity index (χ3v) is 3.09. The lowest BCUT2D eigenvalue weighted by atomic mass is 10.1. The van der Waals surface area contributed by atoms with Crippen LogP contribution in [0.3, 0.4) is 0 Å². The normalized spacial score (nSPS) is 11.5. The Labute approximate surface area is 107 Å². The zero-order chi connectivity index (χ0) is 12.0. The van der Waals surface area contributed by atoms with Crippen LogP contribution in [-0.4, -0.2) is 18.8 Å². The summed E-state index contributed by atoms with van der Waals surface area (Å²) >= 11 is 3.44. The van der Waals surface area contributed by atoms with Crippen molar-refractivity contribution in [1.82, 2.24) is 0 Å². The van der Waals surface area contributed by atoms with Gasteiger partial charge in [0, 0.05) is 16.7 Å². The van der Waals surface area contributed by atoms with Crippen LogP contribution < -0.4 is 5.32 Å². The van der Waals surface area contributed by atoms with Gasteiger partial charge in [0.05, 0.1) is 12.2 Å². The molecule has 0 fully saturated rings. The van der Waals surface area contributed by atoms with Gasteiger partial charge in [-0.25, -0.2) is 0 Å². The van der Waals surface area contributed by atoms with Crippen molar-refractivity contribution in [1.29, 1.82) is 0 Å². The molecule has 0 aromatic heterocycles. The van der Waals surface area contributed by atoms with E-state index < -0.39 is 0 Å². The van der Waals surface area contributed by atoms with Crippen LogP contribution in [-0.2, 0) is 4.74 Å². The van der Waals surface area contributed by atoms with Crippen LogP contribution in [0.1, 0.15) is 27.2 Å². The van der Waals surface area contributed by atoms with Crippen LogP contribution in [0.5, 0.6) is 0 Å². The third kappa shape index (κ3) is 4.99. The van der Waals surface area contributed by atoms with Crippen molar-refractivity contribution in [3.05, 3.63) is 28.7 Å². The molecule has 3 heteroatoms. The molecule has 0 saturated heterocycles. The first kappa shape index (κ1) is 13.5. The van der Waals surface area contributed by atoms with E-state index in [2.05, 4.69) is 54.2 Å². The van der Waals surface area contributed by atoms with E-state index in [0.717, 1.165) is 29.7 Å². The largest absolute Gasteiger partial charge is 0.383 e. The summed E-state index contributed by atoms with van der Waals surface area (Å²) in [5.41, 5.74) is 1.10. The Bertz CT molecular complexity index is 325. The smallest absolute Gasteiger partial charge is 0.0646 e. The van der Waals surface area contributed by atoms with Gasteiger partial charge in [-0.1, -0.05) is 28.9 Å². The lowest BCUT2D eigenvalue weighted by molar-refractivity contribution is -0.0142. The molecular weight excluding hydrogens is 266 g/mol. The highest BCUT2D eigenvalue weighted by molar-refractivity contribution is 9.10. The number of nitrogens with one attached hydrogen (secondary N) is 1. The molecule has 0 spiro atoms. The number of benzene rings is 1. The maximum absolute atomic E-state index is 5.76. The molecule has 0 heterocycles. The summed E-state index contributed by atoms with van der Waals surface area (Å²) in [6, 6.07) is 8.14. The monoisotopic (exact) mass is 285 g/mol. The van der Waals surface area contributed by atoms with E-state index in [-0.39, 0.29) is 5.60 Å². The molecule has 2 nitrogen and oxygen atoms in total. The van der Waals surface area contributed by atoms with Crippen molar-refractivity contribution in [2.75, 3.05) is 18.5 Å². The third-order valence-electron chi connectivity index (χ3n) is 2.60. The van der Waals surface area contributed by atoms with Crippen molar-refractivity contribution in [3.63, 3.8) is 0 Å². The highest BCUT2D eigenvalue weighted by Gasteiger charge is 2.14. The van der Waals surface area contributed by atoms with Crippen molar-refractivity contribution < 1.29 is 4.74 Å². The van der Waals surface area contributed by atoms with Gasteiger partial charge in [-0.05, 0) is 38.5 Å². The SMILES string of the molecule is CCC(C)(C)OCCNc1cccc(Br)c1. The lowest BCUT2D eigenvalue weighted by Gasteiger charge is -2.23. The van der Waals surface area contributed by atoms with E-state index in [9.17, 15) is 0 Å². The van der Waals surface area contributed by atoms with Crippen molar-refractivity contribution >= 4 is 21.6 Å². The Morgan fingerprint density at radius 3 is 2.75 bits per heavy atom. The minimum absolute atomic E-state index is 0.0149. The summed E-state index contributed by atoms with van der Waals surface area (Å²) < 4.78 is 6.85. The molecule has 0 bridgehead atoms. The minimum atomic E-state index is -0.0149. The second kappa shape index (κ2) is 6.26. The van der Waals surface area contributed by atoms with E-state index in [1.165, 1.54) is 0 Å². The molecule has 0 aliphatic rings. The maximum atomic E-state index is 5.76. The first-order valence-corrected chi connectivity index (χ1v) is 6.46. The van der Waals surface area contributed by atoms with Gasteiger partial charge in [0.15, 0.2) is 0 Å². The van der Waals surface area contributed by atoms with Gasteiger partial charge in [0.2, 0.25) is 0 Å². The lowest BCUT2D eigenvalue weighted by Crippen LogP contribution is -2.26. The molecule has 1 aromatic rings. The molecule has 0 unspecified atom stereocenters. The van der Waals surface area contributed by atoms with Crippen molar-refractivity contribution in [3.8, 4) is 0 Å². The number of hydrogen-bond acceptors (Lipinski definition) is 2. The highest BCUT2D eigenvalue weighted by atomic mass is 79.9. The van der Waals surface area contributed by atoms with E-state index in [4.69, 9.17) is 4.74 Å². The van der Waals surface area contributed by atoms with Crippen LogP contribution in [0.4, 0.5) is 5.69 Å². The van der Waals surface area contributed by atoms with E-state index in [1.54, 1.807) is 0 Å². The van der Waals surface area contributed by atoms with Gasteiger partial charge in [-0.15, -0.1) is 0 Å². The molecule has 0 radical (unpaired) electrons. The van der Waals surface area contributed by atoms with Crippen LogP contribution in [0.15, 0.2) is 28.7 Å². The summed E-state index contributed by atoms with van der Waals surface area (Å²) in [7, 11) is 0. The summed E-state index contributed by atoms with van der Waals surface area (Å²) in [5.74, 6) is 0. The second-order valence-corrected chi connectivity index (χ2v) is 5.31. The number of hydrogen-bond donors (Lipinski definition) is 1. The molecule has 0 aliphatic carbocycles. The molecule has 1 rings (SSSR count). The highest BCUT2D eigenvalue weighted by Crippen LogP contribution is 2.16. The van der Waals surface area contributed by atoms with E-state index >= 15 is 0 Å². The van der Waals surface area contributed by atoms with E-state index in [0.29, 0.717) is 0 Å². The zero-order valence-corrected chi connectivity index (χ0v) is 11.8. The van der Waals surface area contributed by atoms with Crippen molar-refractivity contribution in [2.45, 2.75) is 32.8 Å². The predicted octanol–water partition coefficient (Wildman–Crippen LogP) is 4.07. The summed E-state index contributed by atoms with van der Waals surface area (Å²) in [6.07, 6.45) is 1.03. The Balaban J connectivity index is 2.26. The molecule has 0 atom stereocenters. The zero-order valence-electron chi connectivity index (χ0n) is 10.2. The standard InChI is InChI=1S/C13H20BrNO/c1-4-13(2,3)16-9-8-15-12-7-5-6-11(14)10-12/h5-7,10,15H,4,8-9H2,1-3H3. The number of rotatable bonds is 6. The van der Waals surface area contributed by atoms with Crippen LogP contribution in [0.2, 0.25) is 0 Å². The van der Waals surface area contributed by atoms with Crippen LogP contribution in [0.25, 0.3) is 0 Å². The van der Waals surface area contributed by atoms with Crippen LogP contribution in [0, 0.1) is 0 Å². The number of anilines is 1. The molecule has 16 heavy (non-hydrogen) atoms. The van der Waals surface area contributed by atoms with Crippen LogP contribution >= 0.6 is 15.9 Å². The Morgan fingerprint density at radius 1 is 1.38 bits per heavy atom. The maximum Gasteiger partial charge on any atom is 0.0646 e. The first-order chi connectivity index (χ1) is 7.53. The molecule has 1 N–H and O–H groups in total. The molecule has 90 valence electrons. The van der Waals surface area contributed by atoms with Gasteiger partial charge in [0.1, 0.15) is 0 Å². The molecule has 0 amide bonds. The summed E-state index contributed by atoms with van der Waals surface area (Å²) in [6.45, 7) is 7.94. The summed E-state index contributed by atoms with van der Waals surface area (Å²) in [4.78, 5) is 0. The second-order valence-electron chi connectivity index (χ2n) is 4.40. The van der Waals surface area contributed by atoms with Gasteiger partial charge in [-0.3, -0.25) is 0 Å². The summed E-state index contributed by atoms with van der Waals surface area (Å²) in [5, 5.41) is 3.33. The Kier molecular flexibility index (Phi) is 5.29. The van der Waals surface area contributed by atoms with E-state index in [1.807, 2.05) is 12.1 Å². The fraction of sp³-hybridized carbons (Fsp3) is 0.538. The van der Waals surface area contributed by atoms with Gasteiger partial charge in [-0.2, -0.15) is 0 Å². The van der Waals surface area contributed by atoms with Gasteiger partial charge < -0.3 is 10.1 Å². The molecule has 1 aromatic carbocycles. The first-order valence-electron chi connectivity index (χ1n) is 5.67. The fourth-order valence-corrected chi connectivity index (χ4v) is 1.62. The Morgan fingerprint density at radius 2 is 2.12 bits per heavy atom. The molecule has 0 aliphatic heterocycles. The fourth-order valence-electron chi connectivity index (χ4n) is 1.22. The number of ether oxygens (including phenoxy) is 1. The van der Waals surface area contributed by atoms with Gasteiger partial charge >= 0.3 is 0 Å². The minimum Gasteiger partial charge on any atom is -0.383 e. The quantitative estimate of drug-likeness (QED) is 0.796. The molecular formula is C13H20BrNO. The van der Waals surface area contributed by atoms with Crippen molar-refractivity contribution in [2.24, 2.45) is 0 Å². The van der Waals surface area contributed by atoms with Gasteiger partial charge in [0.25, 0.3) is 0 Å². The topological polar surface area (TPSA) is 21.3 Å². The average Bonchev–Trinajstić information content (AvgIpc) is 2.25. The number of halogens is 1. The predicted molar refractivity (Wildman–Crippen MR) is 73.0 cm³/mol. The average molecular weight is 286 g/mol. The molecule has 0 saturated carbocycles.